The molecule has 0 atom stereocenters. The quantitative estimate of drug-likeness (QED) is 0.723. The van der Waals surface area contributed by atoms with E-state index in [2.05, 4.69) is 35.6 Å². The molecular formula is C10H14BrClOSi. The first kappa shape index (κ1) is 12.1. The van der Waals surface area contributed by atoms with Gasteiger partial charge in [-0.25, -0.2) is 0 Å². The summed E-state index contributed by atoms with van der Waals surface area (Å²) in [4.78, 5) is 0. The lowest BCUT2D eigenvalue weighted by atomic mass is 10.2. The van der Waals surface area contributed by atoms with Crippen molar-refractivity contribution in [1.82, 2.24) is 0 Å². The van der Waals surface area contributed by atoms with Crippen LogP contribution in [-0.4, -0.2) is 8.32 Å². The first-order chi connectivity index (χ1) is 6.31. The maximum atomic E-state index is 6.15. The number of hydrogen-bond donors (Lipinski definition) is 0. The molecule has 4 heteroatoms. The fourth-order valence-electron chi connectivity index (χ4n) is 1.06. The van der Waals surface area contributed by atoms with Gasteiger partial charge in [0.05, 0.1) is 5.02 Å². The van der Waals surface area contributed by atoms with Crippen molar-refractivity contribution in [3.63, 3.8) is 0 Å². The molecule has 0 aromatic heterocycles. The molecule has 0 unspecified atom stereocenters. The van der Waals surface area contributed by atoms with E-state index in [0.717, 1.165) is 15.8 Å². The van der Waals surface area contributed by atoms with E-state index in [0.29, 0.717) is 5.02 Å². The standard InChI is InChI=1S/C10H14BrClOSi/c1-7-5-6-8(11)9(12)10(7)13-14(2,3)4/h5-6H,1-4H3. The van der Waals surface area contributed by atoms with Crippen molar-refractivity contribution in [1.29, 1.82) is 0 Å². The van der Waals surface area contributed by atoms with Gasteiger partial charge >= 0.3 is 0 Å². The largest absolute Gasteiger partial charge is 0.543 e. The van der Waals surface area contributed by atoms with Crippen molar-refractivity contribution in [2.45, 2.75) is 26.6 Å². The van der Waals surface area contributed by atoms with Crippen LogP contribution >= 0.6 is 27.5 Å². The predicted octanol–water partition coefficient (Wildman–Crippen LogP) is 4.62. The molecule has 0 bridgehead atoms. The Balaban J connectivity index is 3.13. The SMILES string of the molecule is Cc1ccc(Br)c(Cl)c1O[Si](C)(C)C. The summed E-state index contributed by atoms with van der Waals surface area (Å²) in [5.41, 5.74) is 1.08. The van der Waals surface area contributed by atoms with Crippen LogP contribution in [0.1, 0.15) is 5.56 Å². The van der Waals surface area contributed by atoms with Crippen molar-refractivity contribution in [3.8, 4) is 5.75 Å². The van der Waals surface area contributed by atoms with E-state index in [-0.39, 0.29) is 0 Å². The van der Waals surface area contributed by atoms with Crippen LogP contribution in [0.5, 0.6) is 5.75 Å². The highest BCUT2D eigenvalue weighted by Crippen LogP contribution is 2.36. The average molecular weight is 294 g/mol. The van der Waals surface area contributed by atoms with Crippen LogP contribution in [0.3, 0.4) is 0 Å². The zero-order chi connectivity index (χ0) is 10.9. The van der Waals surface area contributed by atoms with Gasteiger partial charge in [0.25, 0.3) is 0 Å². The van der Waals surface area contributed by atoms with Crippen LogP contribution in [0.4, 0.5) is 0 Å². The van der Waals surface area contributed by atoms with E-state index >= 15 is 0 Å². The molecule has 0 aliphatic heterocycles. The lowest BCUT2D eigenvalue weighted by molar-refractivity contribution is 0.553. The predicted molar refractivity (Wildman–Crippen MR) is 67.9 cm³/mol. The van der Waals surface area contributed by atoms with Gasteiger partial charge in [-0.3, -0.25) is 0 Å². The molecule has 78 valence electrons. The third-order valence-corrected chi connectivity index (χ3v) is 3.74. The second kappa shape index (κ2) is 4.25. The van der Waals surface area contributed by atoms with Gasteiger partial charge in [0.1, 0.15) is 5.75 Å². The van der Waals surface area contributed by atoms with Crippen LogP contribution in [0.2, 0.25) is 24.7 Å². The fraction of sp³-hybridized carbons (Fsp3) is 0.400. The maximum absolute atomic E-state index is 6.15. The minimum Gasteiger partial charge on any atom is -0.543 e. The monoisotopic (exact) mass is 292 g/mol. The summed E-state index contributed by atoms with van der Waals surface area (Å²) in [7, 11) is -1.59. The Hall–Kier alpha value is 0.00688. The molecule has 1 rings (SSSR count). The molecule has 0 N–H and O–H groups in total. The van der Waals surface area contributed by atoms with E-state index in [1.54, 1.807) is 0 Å². The Morgan fingerprint density at radius 2 is 1.86 bits per heavy atom. The molecule has 0 amide bonds. The molecule has 0 fully saturated rings. The van der Waals surface area contributed by atoms with Crippen molar-refractivity contribution >= 4 is 35.8 Å². The zero-order valence-electron chi connectivity index (χ0n) is 8.82. The second-order valence-electron chi connectivity index (χ2n) is 4.22. The highest BCUT2D eigenvalue weighted by atomic mass is 79.9. The molecule has 14 heavy (non-hydrogen) atoms. The lowest BCUT2D eigenvalue weighted by Crippen LogP contribution is -2.29. The first-order valence-electron chi connectivity index (χ1n) is 4.45. The van der Waals surface area contributed by atoms with Gasteiger partial charge < -0.3 is 4.43 Å². The summed E-state index contributed by atoms with van der Waals surface area (Å²) in [6, 6.07) is 3.94. The van der Waals surface area contributed by atoms with Crippen LogP contribution in [-0.2, 0) is 0 Å². The number of aryl methyl sites for hydroxylation is 1. The molecule has 0 radical (unpaired) electrons. The summed E-state index contributed by atoms with van der Waals surface area (Å²) in [6.45, 7) is 8.44. The molecule has 0 saturated heterocycles. The molecule has 1 nitrogen and oxygen atoms in total. The Labute approximate surface area is 99.7 Å². The normalized spacial score (nSPS) is 11.6. The summed E-state index contributed by atoms with van der Waals surface area (Å²) in [6.07, 6.45) is 0. The summed E-state index contributed by atoms with van der Waals surface area (Å²) >= 11 is 9.55. The molecule has 0 aliphatic rings. The van der Waals surface area contributed by atoms with Crippen LogP contribution < -0.4 is 4.43 Å². The van der Waals surface area contributed by atoms with Crippen LogP contribution in [0, 0.1) is 6.92 Å². The van der Waals surface area contributed by atoms with Gasteiger partial charge in [-0.15, -0.1) is 0 Å². The van der Waals surface area contributed by atoms with Gasteiger partial charge in [0.2, 0.25) is 8.32 Å². The molecule has 0 heterocycles. The number of hydrogen-bond acceptors (Lipinski definition) is 1. The Morgan fingerprint density at radius 3 is 2.36 bits per heavy atom. The minimum absolute atomic E-state index is 0.674. The summed E-state index contributed by atoms with van der Waals surface area (Å²) in [5, 5.41) is 0.674. The molecule has 1 aromatic rings. The number of benzene rings is 1. The van der Waals surface area contributed by atoms with Crippen molar-refractivity contribution in [2.75, 3.05) is 0 Å². The summed E-state index contributed by atoms with van der Waals surface area (Å²) in [5.74, 6) is 0.820. The van der Waals surface area contributed by atoms with E-state index in [1.165, 1.54) is 0 Å². The van der Waals surface area contributed by atoms with Crippen LogP contribution in [0.25, 0.3) is 0 Å². The molecular weight excluding hydrogens is 280 g/mol. The molecule has 0 spiro atoms. The molecule has 0 aliphatic carbocycles. The number of rotatable bonds is 2. The van der Waals surface area contributed by atoms with Crippen LogP contribution in [0.15, 0.2) is 16.6 Å². The Morgan fingerprint density at radius 1 is 1.29 bits per heavy atom. The van der Waals surface area contributed by atoms with Gasteiger partial charge in [0.15, 0.2) is 0 Å². The van der Waals surface area contributed by atoms with E-state index in [9.17, 15) is 0 Å². The smallest absolute Gasteiger partial charge is 0.242 e. The van der Waals surface area contributed by atoms with Gasteiger partial charge in [-0.05, 0) is 54.1 Å². The van der Waals surface area contributed by atoms with Crippen molar-refractivity contribution < 1.29 is 4.43 Å². The topological polar surface area (TPSA) is 9.23 Å². The van der Waals surface area contributed by atoms with Gasteiger partial charge in [-0.1, -0.05) is 17.7 Å². The Kier molecular flexibility index (Phi) is 3.67. The Bertz CT molecular complexity index is 347. The number of halogens is 2. The third-order valence-electron chi connectivity index (χ3n) is 1.66. The minimum atomic E-state index is -1.59. The van der Waals surface area contributed by atoms with Gasteiger partial charge in [-0.2, -0.15) is 0 Å². The van der Waals surface area contributed by atoms with E-state index in [4.69, 9.17) is 16.0 Å². The summed E-state index contributed by atoms with van der Waals surface area (Å²) < 4.78 is 6.81. The fourth-order valence-corrected chi connectivity index (χ4v) is 2.56. The zero-order valence-corrected chi connectivity index (χ0v) is 12.2. The van der Waals surface area contributed by atoms with Crippen molar-refractivity contribution in [2.24, 2.45) is 0 Å². The van der Waals surface area contributed by atoms with Gasteiger partial charge in [0, 0.05) is 4.47 Å². The van der Waals surface area contributed by atoms with E-state index < -0.39 is 8.32 Å². The van der Waals surface area contributed by atoms with E-state index in [1.807, 2.05) is 19.1 Å². The second-order valence-corrected chi connectivity index (χ2v) is 9.88. The third kappa shape index (κ3) is 3.00. The first-order valence-corrected chi connectivity index (χ1v) is 9.03. The highest BCUT2D eigenvalue weighted by Gasteiger charge is 2.20. The molecule has 1 aromatic carbocycles. The lowest BCUT2D eigenvalue weighted by Gasteiger charge is -2.22. The van der Waals surface area contributed by atoms with Crippen molar-refractivity contribution in [3.05, 3.63) is 27.2 Å². The highest BCUT2D eigenvalue weighted by molar-refractivity contribution is 9.10. The molecule has 0 saturated carbocycles. The average Bonchev–Trinajstić information content (AvgIpc) is 2.04. The maximum Gasteiger partial charge on any atom is 0.242 e.